The number of aromatic nitrogens is 1. The number of likely N-dealkylation sites (N-methyl/N-ethyl adjacent to an activating group) is 1. The molecule has 0 radical (unpaired) electrons. The Kier molecular flexibility index (Phi) is 3.91. The Morgan fingerprint density at radius 3 is 2.64 bits per heavy atom. The lowest BCUT2D eigenvalue weighted by Gasteiger charge is -2.10. The van der Waals surface area contributed by atoms with Crippen molar-refractivity contribution in [2.24, 2.45) is 0 Å². The van der Waals surface area contributed by atoms with Crippen LogP contribution in [0.1, 0.15) is 23.9 Å². The molecule has 5 heteroatoms. The Morgan fingerprint density at radius 1 is 1.43 bits per heavy atom. The molecule has 78 valence electrons. The van der Waals surface area contributed by atoms with E-state index in [0.29, 0.717) is 6.54 Å². The zero-order chi connectivity index (χ0) is 10.6. The average molecular weight is 202 g/mol. The number of alkyl halides is 2. The third-order valence-corrected chi connectivity index (χ3v) is 1.75. The number of hydrogen-bond donors (Lipinski definition) is 2. The number of pyridine rings is 1. The first-order valence-corrected chi connectivity index (χ1v) is 4.23. The van der Waals surface area contributed by atoms with E-state index in [4.69, 9.17) is 0 Å². The number of nitrogens with zero attached hydrogens (tertiary/aromatic N) is 1. The fourth-order valence-corrected chi connectivity index (χ4v) is 1.07. The number of aliphatic hydroxyl groups is 1. The summed E-state index contributed by atoms with van der Waals surface area (Å²) in [5.74, 6) is 0. The van der Waals surface area contributed by atoms with Crippen LogP contribution in [0.3, 0.4) is 0 Å². The lowest BCUT2D eigenvalue weighted by atomic mass is 10.2. The summed E-state index contributed by atoms with van der Waals surface area (Å²) in [5.41, 5.74) is -0.0465. The zero-order valence-corrected chi connectivity index (χ0v) is 7.74. The Labute approximate surface area is 80.8 Å². The molecule has 0 amide bonds. The zero-order valence-electron chi connectivity index (χ0n) is 7.74. The number of halogens is 2. The van der Waals surface area contributed by atoms with Gasteiger partial charge < -0.3 is 10.4 Å². The van der Waals surface area contributed by atoms with E-state index in [1.807, 2.05) is 0 Å². The molecule has 14 heavy (non-hydrogen) atoms. The van der Waals surface area contributed by atoms with Crippen LogP contribution in [0.25, 0.3) is 0 Å². The van der Waals surface area contributed by atoms with Crippen molar-refractivity contribution in [1.29, 1.82) is 0 Å². The van der Waals surface area contributed by atoms with Gasteiger partial charge in [-0.25, -0.2) is 13.8 Å². The van der Waals surface area contributed by atoms with E-state index >= 15 is 0 Å². The second-order valence-electron chi connectivity index (χ2n) is 2.86. The lowest BCUT2D eigenvalue weighted by Crippen LogP contribution is -2.17. The van der Waals surface area contributed by atoms with Crippen LogP contribution in [0, 0.1) is 0 Å². The van der Waals surface area contributed by atoms with Crippen LogP contribution in [0.4, 0.5) is 8.78 Å². The minimum atomic E-state index is -2.60. The van der Waals surface area contributed by atoms with Crippen molar-refractivity contribution < 1.29 is 13.9 Å². The van der Waals surface area contributed by atoms with E-state index in [9.17, 15) is 13.9 Å². The molecule has 1 unspecified atom stereocenters. The third kappa shape index (κ3) is 2.71. The van der Waals surface area contributed by atoms with Gasteiger partial charge in [0.15, 0.2) is 0 Å². The Morgan fingerprint density at radius 2 is 2.07 bits per heavy atom. The second-order valence-corrected chi connectivity index (χ2v) is 2.86. The fourth-order valence-electron chi connectivity index (χ4n) is 1.07. The van der Waals surface area contributed by atoms with E-state index in [1.165, 1.54) is 18.2 Å². The molecule has 1 rings (SSSR count). The van der Waals surface area contributed by atoms with Gasteiger partial charge >= 0.3 is 0 Å². The molecule has 1 aromatic rings. The van der Waals surface area contributed by atoms with Crippen molar-refractivity contribution in [3.8, 4) is 0 Å². The van der Waals surface area contributed by atoms with Gasteiger partial charge in [-0.05, 0) is 19.2 Å². The summed E-state index contributed by atoms with van der Waals surface area (Å²) in [6, 6.07) is 4.22. The Balaban J connectivity index is 2.82. The Hall–Kier alpha value is -1.07. The van der Waals surface area contributed by atoms with E-state index in [-0.39, 0.29) is 11.4 Å². The first-order chi connectivity index (χ1) is 6.65. The van der Waals surface area contributed by atoms with Crippen molar-refractivity contribution >= 4 is 0 Å². The van der Waals surface area contributed by atoms with Crippen molar-refractivity contribution in [3.05, 3.63) is 29.6 Å². The molecule has 0 aliphatic heterocycles. The molecule has 2 N–H and O–H groups in total. The quantitative estimate of drug-likeness (QED) is 0.772. The van der Waals surface area contributed by atoms with Crippen LogP contribution in [-0.4, -0.2) is 23.7 Å². The molecular formula is C9H12F2N2O. The minimum Gasteiger partial charge on any atom is -0.385 e. The van der Waals surface area contributed by atoms with Crippen molar-refractivity contribution in [1.82, 2.24) is 10.3 Å². The summed E-state index contributed by atoms with van der Waals surface area (Å²) in [6.07, 6.45) is -3.45. The summed E-state index contributed by atoms with van der Waals surface area (Å²) in [7, 11) is 1.67. The van der Waals surface area contributed by atoms with Gasteiger partial charge in [0, 0.05) is 6.54 Å². The number of aliphatic hydroxyl groups excluding tert-OH is 1. The highest BCUT2D eigenvalue weighted by molar-refractivity contribution is 5.14. The second kappa shape index (κ2) is 4.97. The summed E-state index contributed by atoms with van der Waals surface area (Å²) in [6.45, 7) is 0.291. The lowest BCUT2D eigenvalue weighted by molar-refractivity contribution is 0.141. The molecule has 0 aromatic carbocycles. The van der Waals surface area contributed by atoms with E-state index in [0.717, 1.165) is 0 Å². The maximum absolute atomic E-state index is 12.2. The molecule has 1 atom stereocenters. The van der Waals surface area contributed by atoms with Gasteiger partial charge in [0.1, 0.15) is 11.8 Å². The van der Waals surface area contributed by atoms with Crippen molar-refractivity contribution in [2.45, 2.75) is 12.5 Å². The number of rotatable bonds is 4. The molecular weight excluding hydrogens is 190 g/mol. The van der Waals surface area contributed by atoms with Gasteiger partial charge in [0.05, 0.1) is 5.69 Å². The molecule has 0 aliphatic rings. The molecule has 0 aliphatic carbocycles. The monoisotopic (exact) mass is 202 g/mol. The fraction of sp³-hybridized carbons (Fsp3) is 0.444. The van der Waals surface area contributed by atoms with E-state index in [1.54, 1.807) is 7.05 Å². The van der Waals surface area contributed by atoms with Crippen LogP contribution in [0.15, 0.2) is 18.2 Å². The van der Waals surface area contributed by atoms with Gasteiger partial charge in [-0.3, -0.25) is 0 Å². The summed E-state index contributed by atoms with van der Waals surface area (Å²) in [5, 5.41) is 12.2. The van der Waals surface area contributed by atoms with Crippen LogP contribution >= 0.6 is 0 Å². The first kappa shape index (κ1) is 11.0. The SMILES string of the molecule is CNCC(O)c1cccc(C(F)F)n1. The topological polar surface area (TPSA) is 45.1 Å². The summed E-state index contributed by atoms with van der Waals surface area (Å²) >= 11 is 0. The summed E-state index contributed by atoms with van der Waals surface area (Å²) in [4.78, 5) is 3.65. The third-order valence-electron chi connectivity index (χ3n) is 1.75. The highest BCUT2D eigenvalue weighted by Gasteiger charge is 2.12. The van der Waals surface area contributed by atoms with Crippen LogP contribution < -0.4 is 5.32 Å². The molecule has 0 saturated heterocycles. The predicted octanol–water partition coefficient (Wildman–Crippen LogP) is 1.27. The molecule has 1 aromatic heterocycles. The molecule has 3 nitrogen and oxygen atoms in total. The van der Waals surface area contributed by atoms with Gasteiger partial charge in [0.25, 0.3) is 6.43 Å². The highest BCUT2D eigenvalue weighted by atomic mass is 19.3. The highest BCUT2D eigenvalue weighted by Crippen LogP contribution is 2.18. The van der Waals surface area contributed by atoms with Gasteiger partial charge in [-0.2, -0.15) is 0 Å². The molecule has 0 fully saturated rings. The van der Waals surface area contributed by atoms with Crippen molar-refractivity contribution in [3.63, 3.8) is 0 Å². The van der Waals surface area contributed by atoms with E-state index in [2.05, 4.69) is 10.3 Å². The molecule has 0 saturated carbocycles. The standard InChI is InChI=1S/C9H12F2N2O/c1-12-5-8(14)6-3-2-4-7(13-6)9(10)11/h2-4,8-9,12,14H,5H2,1H3. The van der Waals surface area contributed by atoms with Gasteiger partial charge in [0.2, 0.25) is 0 Å². The van der Waals surface area contributed by atoms with Crippen molar-refractivity contribution in [2.75, 3.05) is 13.6 Å². The Bertz CT molecular complexity index is 294. The summed E-state index contributed by atoms with van der Waals surface area (Å²) < 4.78 is 24.5. The van der Waals surface area contributed by atoms with Gasteiger partial charge in [-0.15, -0.1) is 0 Å². The predicted molar refractivity (Wildman–Crippen MR) is 48.1 cm³/mol. The maximum Gasteiger partial charge on any atom is 0.280 e. The molecule has 0 bridgehead atoms. The normalized spacial score (nSPS) is 13.2. The van der Waals surface area contributed by atoms with Gasteiger partial charge in [-0.1, -0.05) is 6.07 Å². The first-order valence-electron chi connectivity index (χ1n) is 4.23. The van der Waals surface area contributed by atoms with Crippen LogP contribution in [0.2, 0.25) is 0 Å². The smallest absolute Gasteiger partial charge is 0.280 e. The average Bonchev–Trinajstić information content (AvgIpc) is 2.18. The van der Waals surface area contributed by atoms with E-state index < -0.39 is 12.5 Å². The van der Waals surface area contributed by atoms with Crippen LogP contribution in [-0.2, 0) is 0 Å². The minimum absolute atomic E-state index is 0.261. The molecule has 0 spiro atoms. The number of hydrogen-bond acceptors (Lipinski definition) is 3. The number of nitrogens with one attached hydrogen (secondary N) is 1. The van der Waals surface area contributed by atoms with Crippen LogP contribution in [0.5, 0.6) is 0 Å². The molecule has 1 heterocycles. The largest absolute Gasteiger partial charge is 0.385 e. The maximum atomic E-state index is 12.2.